The third-order valence-corrected chi connectivity index (χ3v) is 4.87. The number of nitrogens with one attached hydrogen (secondary N) is 2. The first kappa shape index (κ1) is 21.8. The number of anilines is 1. The highest BCUT2D eigenvalue weighted by Gasteiger charge is 2.20. The Morgan fingerprint density at radius 2 is 1.82 bits per heavy atom. The topological polar surface area (TPSA) is 108 Å². The number of carbonyl (C=O) groups excluding carboxylic acids is 3. The standard InChI is InChI=1S/C20H31N5O3/c1-14(2)19(21)20(28)22-13-17(26)23-16-6-4-5-15(11-16)12-18(27)25-9-7-24(3)8-10-25/h4-6,11,14,19H,7-10,12-13,21H2,1-3H3,(H,22,28)(H,23,26)/t19-/m0/s1. The summed E-state index contributed by atoms with van der Waals surface area (Å²) in [6.07, 6.45) is 0.299. The fourth-order valence-corrected chi connectivity index (χ4v) is 2.89. The fourth-order valence-electron chi connectivity index (χ4n) is 2.89. The maximum atomic E-state index is 12.5. The Morgan fingerprint density at radius 3 is 2.46 bits per heavy atom. The quantitative estimate of drug-likeness (QED) is 0.610. The molecule has 8 heteroatoms. The monoisotopic (exact) mass is 389 g/mol. The Bertz CT molecular complexity index is 699. The zero-order chi connectivity index (χ0) is 20.7. The number of benzene rings is 1. The lowest BCUT2D eigenvalue weighted by Crippen LogP contribution is -2.47. The molecule has 1 heterocycles. The van der Waals surface area contributed by atoms with E-state index in [2.05, 4.69) is 15.5 Å². The number of carbonyl (C=O) groups is 3. The zero-order valence-electron chi connectivity index (χ0n) is 16.9. The molecule has 1 atom stereocenters. The number of nitrogens with zero attached hydrogens (tertiary/aromatic N) is 2. The second kappa shape index (κ2) is 10.2. The van der Waals surface area contributed by atoms with Gasteiger partial charge < -0.3 is 26.2 Å². The molecule has 1 saturated heterocycles. The minimum Gasteiger partial charge on any atom is -0.346 e. The third-order valence-electron chi connectivity index (χ3n) is 4.87. The molecule has 0 radical (unpaired) electrons. The molecular formula is C20H31N5O3. The van der Waals surface area contributed by atoms with E-state index in [9.17, 15) is 14.4 Å². The van der Waals surface area contributed by atoms with Crippen LogP contribution in [0.2, 0.25) is 0 Å². The van der Waals surface area contributed by atoms with Gasteiger partial charge in [0.2, 0.25) is 17.7 Å². The summed E-state index contributed by atoms with van der Waals surface area (Å²) in [6, 6.07) is 6.57. The van der Waals surface area contributed by atoms with Gasteiger partial charge in [-0.1, -0.05) is 26.0 Å². The molecule has 3 amide bonds. The van der Waals surface area contributed by atoms with E-state index in [4.69, 9.17) is 5.73 Å². The van der Waals surface area contributed by atoms with Crippen molar-refractivity contribution in [1.82, 2.24) is 15.1 Å². The molecule has 8 nitrogen and oxygen atoms in total. The lowest BCUT2D eigenvalue weighted by molar-refractivity contribution is -0.132. The average Bonchev–Trinajstić information content (AvgIpc) is 2.66. The van der Waals surface area contributed by atoms with Gasteiger partial charge in [0, 0.05) is 31.9 Å². The van der Waals surface area contributed by atoms with Crippen LogP contribution in [0.4, 0.5) is 5.69 Å². The first-order chi connectivity index (χ1) is 13.3. The lowest BCUT2D eigenvalue weighted by atomic mass is 10.1. The fraction of sp³-hybridized carbons (Fsp3) is 0.550. The Balaban J connectivity index is 1.84. The number of piperazine rings is 1. The van der Waals surface area contributed by atoms with Crippen molar-refractivity contribution in [3.05, 3.63) is 29.8 Å². The highest BCUT2D eigenvalue weighted by atomic mass is 16.2. The molecule has 0 spiro atoms. The Hall–Kier alpha value is -2.45. The van der Waals surface area contributed by atoms with E-state index in [1.165, 1.54) is 0 Å². The first-order valence-electron chi connectivity index (χ1n) is 9.64. The summed E-state index contributed by atoms with van der Waals surface area (Å²) in [4.78, 5) is 40.4. The van der Waals surface area contributed by atoms with E-state index in [-0.39, 0.29) is 30.2 Å². The van der Waals surface area contributed by atoms with Gasteiger partial charge in [0.25, 0.3) is 0 Å². The third kappa shape index (κ3) is 6.61. The number of likely N-dealkylation sites (N-methyl/N-ethyl adjacent to an activating group) is 1. The van der Waals surface area contributed by atoms with E-state index in [1.807, 2.05) is 31.9 Å². The van der Waals surface area contributed by atoms with Gasteiger partial charge in [-0.3, -0.25) is 14.4 Å². The summed E-state index contributed by atoms with van der Waals surface area (Å²) in [5.74, 6) is -0.604. The minimum atomic E-state index is -0.642. The number of amides is 3. The van der Waals surface area contributed by atoms with Gasteiger partial charge in [-0.05, 0) is 30.7 Å². The molecule has 1 aliphatic heterocycles. The van der Waals surface area contributed by atoms with Crippen molar-refractivity contribution in [2.75, 3.05) is 45.1 Å². The highest BCUT2D eigenvalue weighted by Crippen LogP contribution is 2.13. The van der Waals surface area contributed by atoms with Gasteiger partial charge in [-0.25, -0.2) is 0 Å². The molecule has 0 aliphatic carbocycles. The second-order valence-corrected chi connectivity index (χ2v) is 7.60. The minimum absolute atomic E-state index is 0.00224. The molecule has 1 aromatic carbocycles. The summed E-state index contributed by atoms with van der Waals surface area (Å²) in [5.41, 5.74) is 7.19. The SMILES string of the molecule is CC(C)[C@H](N)C(=O)NCC(=O)Nc1cccc(CC(=O)N2CCN(C)CC2)c1. The lowest BCUT2D eigenvalue weighted by Gasteiger charge is -2.32. The molecule has 0 aromatic heterocycles. The summed E-state index contributed by atoms with van der Waals surface area (Å²) < 4.78 is 0. The van der Waals surface area contributed by atoms with Crippen LogP contribution in [-0.4, -0.2) is 73.3 Å². The zero-order valence-corrected chi connectivity index (χ0v) is 16.9. The van der Waals surface area contributed by atoms with Gasteiger partial charge in [-0.2, -0.15) is 0 Å². The molecular weight excluding hydrogens is 358 g/mol. The molecule has 0 bridgehead atoms. The summed E-state index contributed by atoms with van der Waals surface area (Å²) in [5, 5.41) is 5.27. The number of nitrogens with two attached hydrogens (primary N) is 1. The predicted octanol–water partition coefficient (Wildman–Crippen LogP) is 0.0411. The molecule has 4 N–H and O–H groups in total. The second-order valence-electron chi connectivity index (χ2n) is 7.60. The molecule has 2 rings (SSSR count). The molecule has 1 aliphatic rings. The first-order valence-corrected chi connectivity index (χ1v) is 9.64. The van der Waals surface area contributed by atoms with Crippen molar-refractivity contribution < 1.29 is 14.4 Å². The smallest absolute Gasteiger partial charge is 0.243 e. The number of rotatable bonds is 7. The van der Waals surface area contributed by atoms with Crippen LogP contribution in [0.3, 0.4) is 0 Å². The van der Waals surface area contributed by atoms with Crippen LogP contribution in [0.5, 0.6) is 0 Å². The Kier molecular flexibility index (Phi) is 7.95. The molecule has 154 valence electrons. The molecule has 1 aromatic rings. The molecule has 28 heavy (non-hydrogen) atoms. The van der Waals surface area contributed by atoms with Crippen molar-refractivity contribution in [1.29, 1.82) is 0 Å². The van der Waals surface area contributed by atoms with Crippen LogP contribution in [-0.2, 0) is 20.8 Å². The van der Waals surface area contributed by atoms with Gasteiger partial charge in [-0.15, -0.1) is 0 Å². The van der Waals surface area contributed by atoms with Gasteiger partial charge >= 0.3 is 0 Å². The number of hydrogen-bond acceptors (Lipinski definition) is 5. The van der Waals surface area contributed by atoms with Crippen LogP contribution >= 0.6 is 0 Å². The van der Waals surface area contributed by atoms with E-state index in [1.54, 1.807) is 18.2 Å². The van der Waals surface area contributed by atoms with E-state index in [0.717, 1.165) is 31.7 Å². The summed E-state index contributed by atoms with van der Waals surface area (Å²) in [7, 11) is 2.05. The number of hydrogen-bond donors (Lipinski definition) is 3. The van der Waals surface area contributed by atoms with Gasteiger partial charge in [0.1, 0.15) is 0 Å². The maximum Gasteiger partial charge on any atom is 0.243 e. The average molecular weight is 390 g/mol. The van der Waals surface area contributed by atoms with Crippen molar-refractivity contribution in [2.45, 2.75) is 26.3 Å². The van der Waals surface area contributed by atoms with E-state index in [0.29, 0.717) is 12.1 Å². The van der Waals surface area contributed by atoms with E-state index >= 15 is 0 Å². The van der Waals surface area contributed by atoms with Crippen LogP contribution in [0.1, 0.15) is 19.4 Å². The predicted molar refractivity (Wildman–Crippen MR) is 109 cm³/mol. The molecule has 0 saturated carbocycles. The van der Waals surface area contributed by atoms with Crippen LogP contribution in [0, 0.1) is 5.92 Å². The Labute approximate surface area is 166 Å². The summed E-state index contributed by atoms with van der Waals surface area (Å²) >= 11 is 0. The van der Waals surface area contributed by atoms with E-state index < -0.39 is 6.04 Å². The van der Waals surface area contributed by atoms with Crippen LogP contribution < -0.4 is 16.4 Å². The van der Waals surface area contributed by atoms with Crippen LogP contribution in [0.15, 0.2) is 24.3 Å². The highest BCUT2D eigenvalue weighted by molar-refractivity contribution is 5.95. The summed E-state index contributed by atoms with van der Waals surface area (Å²) in [6.45, 7) is 6.79. The van der Waals surface area contributed by atoms with Crippen molar-refractivity contribution >= 4 is 23.4 Å². The molecule has 1 fully saturated rings. The van der Waals surface area contributed by atoms with Crippen molar-refractivity contribution in [3.63, 3.8) is 0 Å². The van der Waals surface area contributed by atoms with Gasteiger partial charge in [0.15, 0.2) is 0 Å². The van der Waals surface area contributed by atoms with Crippen molar-refractivity contribution in [2.24, 2.45) is 11.7 Å². The molecule has 0 unspecified atom stereocenters. The maximum absolute atomic E-state index is 12.5. The largest absolute Gasteiger partial charge is 0.346 e. The normalized spacial score (nSPS) is 16.0. The van der Waals surface area contributed by atoms with Crippen LogP contribution in [0.25, 0.3) is 0 Å². The van der Waals surface area contributed by atoms with Crippen molar-refractivity contribution in [3.8, 4) is 0 Å². The Morgan fingerprint density at radius 1 is 1.14 bits per heavy atom. The van der Waals surface area contributed by atoms with Gasteiger partial charge in [0.05, 0.1) is 19.0 Å².